The van der Waals surface area contributed by atoms with Crippen LogP contribution in [0.3, 0.4) is 0 Å². The van der Waals surface area contributed by atoms with E-state index in [-0.39, 0.29) is 36.3 Å². The van der Waals surface area contributed by atoms with E-state index in [2.05, 4.69) is 43.0 Å². The molecule has 2 heterocycles. The van der Waals surface area contributed by atoms with E-state index in [1.807, 2.05) is 11.0 Å². The van der Waals surface area contributed by atoms with E-state index in [0.29, 0.717) is 19.8 Å². The van der Waals surface area contributed by atoms with Crippen LogP contribution in [0.5, 0.6) is 0 Å². The van der Waals surface area contributed by atoms with Gasteiger partial charge in [-0.05, 0) is 32.3 Å². The van der Waals surface area contributed by atoms with Gasteiger partial charge in [-0.15, -0.1) is 24.8 Å². The minimum absolute atomic E-state index is 0. The largest absolute Gasteiger partial charge is 0.381 e. The second-order valence-corrected chi connectivity index (χ2v) is 8.04. The van der Waals surface area contributed by atoms with E-state index >= 15 is 0 Å². The summed E-state index contributed by atoms with van der Waals surface area (Å²) < 4.78 is 5.45. The zero-order valence-electron chi connectivity index (χ0n) is 16.4. The van der Waals surface area contributed by atoms with Gasteiger partial charge in [-0.2, -0.15) is 0 Å². The lowest BCUT2D eigenvalue weighted by molar-refractivity contribution is -0.152. The highest BCUT2D eigenvalue weighted by molar-refractivity contribution is 5.85. The van der Waals surface area contributed by atoms with Crippen molar-refractivity contribution in [3.63, 3.8) is 0 Å². The van der Waals surface area contributed by atoms with Crippen molar-refractivity contribution in [1.29, 1.82) is 0 Å². The molecule has 27 heavy (non-hydrogen) atoms. The first-order valence-corrected chi connectivity index (χ1v) is 9.33. The molecule has 2 N–H and O–H groups in total. The number of benzene rings is 1. The van der Waals surface area contributed by atoms with Gasteiger partial charge in [-0.1, -0.05) is 30.3 Å². The number of nitrogens with zero attached hydrogens (tertiary/aromatic N) is 2. The summed E-state index contributed by atoms with van der Waals surface area (Å²) >= 11 is 0. The molecule has 0 spiro atoms. The molecule has 2 fully saturated rings. The van der Waals surface area contributed by atoms with E-state index in [4.69, 9.17) is 10.5 Å². The van der Waals surface area contributed by atoms with Crippen molar-refractivity contribution in [2.24, 2.45) is 11.1 Å². The Kier molecular flexibility index (Phi) is 9.03. The van der Waals surface area contributed by atoms with Crippen molar-refractivity contribution in [2.75, 3.05) is 39.4 Å². The molecule has 0 radical (unpaired) electrons. The monoisotopic (exact) mass is 417 g/mol. The molecule has 2 aliphatic rings. The van der Waals surface area contributed by atoms with Gasteiger partial charge in [0.1, 0.15) is 0 Å². The van der Waals surface area contributed by atoms with Gasteiger partial charge >= 0.3 is 0 Å². The molecule has 0 bridgehead atoms. The summed E-state index contributed by atoms with van der Waals surface area (Å²) in [6.07, 6.45) is 1.49. The van der Waals surface area contributed by atoms with Crippen molar-refractivity contribution in [3.05, 3.63) is 35.9 Å². The zero-order chi connectivity index (χ0) is 17.9. The number of halogens is 2. The number of hydrogen-bond donors (Lipinski definition) is 1. The highest BCUT2D eigenvalue weighted by Crippen LogP contribution is 2.34. The number of ether oxygens (including phenoxy) is 1. The van der Waals surface area contributed by atoms with E-state index in [1.165, 1.54) is 5.56 Å². The molecule has 154 valence electrons. The highest BCUT2D eigenvalue weighted by atomic mass is 35.5. The van der Waals surface area contributed by atoms with Crippen LogP contribution in [-0.4, -0.2) is 60.6 Å². The smallest absolute Gasteiger partial charge is 0.230 e. The minimum Gasteiger partial charge on any atom is -0.381 e. The average Bonchev–Trinajstić information content (AvgIpc) is 2.64. The van der Waals surface area contributed by atoms with Crippen LogP contribution in [0.15, 0.2) is 30.3 Å². The Morgan fingerprint density at radius 2 is 1.74 bits per heavy atom. The maximum absolute atomic E-state index is 13.2. The third-order valence-electron chi connectivity index (χ3n) is 5.87. The molecule has 7 heteroatoms. The van der Waals surface area contributed by atoms with Gasteiger partial charge in [0.05, 0.1) is 5.41 Å². The maximum atomic E-state index is 13.2. The molecule has 0 aromatic heterocycles. The van der Waals surface area contributed by atoms with Crippen LogP contribution < -0.4 is 5.73 Å². The first kappa shape index (κ1) is 24.2. The summed E-state index contributed by atoms with van der Waals surface area (Å²) in [7, 11) is 0. The highest BCUT2D eigenvalue weighted by Gasteiger charge is 2.44. The molecule has 0 saturated carbocycles. The van der Waals surface area contributed by atoms with E-state index < -0.39 is 5.41 Å². The fourth-order valence-electron chi connectivity index (χ4n) is 4.06. The summed E-state index contributed by atoms with van der Waals surface area (Å²) in [5, 5.41) is 0. The summed E-state index contributed by atoms with van der Waals surface area (Å²) in [5.74, 6) is 0.228. The van der Waals surface area contributed by atoms with E-state index in [9.17, 15) is 4.79 Å². The molecule has 5 nitrogen and oxygen atoms in total. The van der Waals surface area contributed by atoms with Gasteiger partial charge in [0.2, 0.25) is 5.91 Å². The topological polar surface area (TPSA) is 58.8 Å². The van der Waals surface area contributed by atoms with Crippen LogP contribution >= 0.6 is 24.8 Å². The second-order valence-electron chi connectivity index (χ2n) is 8.04. The second kappa shape index (κ2) is 10.1. The number of rotatable bonds is 4. The van der Waals surface area contributed by atoms with Crippen LogP contribution in [0.2, 0.25) is 0 Å². The Morgan fingerprint density at radius 1 is 1.11 bits per heavy atom. The number of nitrogens with two attached hydrogens (primary N) is 1. The summed E-state index contributed by atoms with van der Waals surface area (Å²) in [4.78, 5) is 17.7. The quantitative estimate of drug-likeness (QED) is 0.817. The predicted octanol–water partition coefficient (Wildman–Crippen LogP) is 2.71. The Morgan fingerprint density at radius 3 is 2.30 bits per heavy atom. The van der Waals surface area contributed by atoms with Gasteiger partial charge in [0.15, 0.2) is 0 Å². The van der Waals surface area contributed by atoms with Crippen molar-refractivity contribution in [3.8, 4) is 0 Å². The Labute approximate surface area is 175 Å². The molecule has 0 atom stereocenters. The number of carbonyl (C=O) groups excluding carboxylic acids is 1. The standard InChI is InChI=1S/C20H31N3O2.2ClH/c1-19(2)16-22(18(24)20(15-21)8-12-25-13-9-20)10-11-23(19)14-17-6-4-3-5-7-17;;/h3-7H,8-16,21H2,1-2H3;2*1H. The number of carbonyl (C=O) groups is 1. The van der Waals surface area contributed by atoms with Gasteiger partial charge < -0.3 is 15.4 Å². The molecule has 2 saturated heterocycles. The third-order valence-corrected chi connectivity index (χ3v) is 5.87. The normalized spacial score (nSPS) is 21.7. The fourth-order valence-corrected chi connectivity index (χ4v) is 4.06. The van der Waals surface area contributed by atoms with Crippen LogP contribution in [0.1, 0.15) is 32.3 Å². The predicted molar refractivity (Wildman–Crippen MR) is 114 cm³/mol. The molecule has 1 amide bonds. The Bertz CT molecular complexity index is 592. The lowest BCUT2D eigenvalue weighted by Gasteiger charge is -2.49. The van der Waals surface area contributed by atoms with Crippen molar-refractivity contribution in [1.82, 2.24) is 9.80 Å². The molecule has 0 unspecified atom stereocenters. The summed E-state index contributed by atoms with van der Waals surface area (Å²) in [6, 6.07) is 10.5. The number of piperazine rings is 1. The van der Waals surface area contributed by atoms with Crippen molar-refractivity contribution < 1.29 is 9.53 Å². The number of hydrogen-bond acceptors (Lipinski definition) is 4. The molecule has 1 aromatic rings. The molecule has 0 aliphatic carbocycles. The average molecular weight is 418 g/mol. The minimum atomic E-state index is -0.421. The lowest BCUT2D eigenvalue weighted by Crippen LogP contribution is -2.63. The maximum Gasteiger partial charge on any atom is 0.230 e. The first-order valence-electron chi connectivity index (χ1n) is 9.33. The van der Waals surface area contributed by atoms with Crippen LogP contribution in [0.25, 0.3) is 0 Å². The number of amides is 1. The summed E-state index contributed by atoms with van der Waals surface area (Å²) in [6.45, 7) is 9.50. The van der Waals surface area contributed by atoms with Crippen LogP contribution in [-0.2, 0) is 16.1 Å². The Hall–Kier alpha value is -0.850. The van der Waals surface area contributed by atoms with Crippen molar-refractivity contribution >= 4 is 30.7 Å². The summed E-state index contributed by atoms with van der Waals surface area (Å²) in [5.41, 5.74) is 6.88. The van der Waals surface area contributed by atoms with Crippen molar-refractivity contribution in [2.45, 2.75) is 38.8 Å². The Balaban J connectivity index is 0.00000182. The van der Waals surface area contributed by atoms with Gasteiger partial charge in [0, 0.05) is 51.5 Å². The van der Waals surface area contributed by atoms with E-state index in [0.717, 1.165) is 39.0 Å². The fraction of sp³-hybridized carbons (Fsp3) is 0.650. The van der Waals surface area contributed by atoms with Gasteiger partial charge in [-0.25, -0.2) is 0 Å². The molecule has 1 aromatic carbocycles. The zero-order valence-corrected chi connectivity index (χ0v) is 18.0. The third kappa shape index (κ3) is 5.36. The SMILES string of the molecule is CC1(C)CN(C(=O)C2(CN)CCOCC2)CCN1Cc1ccccc1.Cl.Cl. The van der Waals surface area contributed by atoms with Gasteiger partial charge in [-0.3, -0.25) is 9.69 Å². The molecule has 3 rings (SSSR count). The van der Waals surface area contributed by atoms with Crippen LogP contribution in [0.4, 0.5) is 0 Å². The molecule has 2 aliphatic heterocycles. The van der Waals surface area contributed by atoms with E-state index in [1.54, 1.807) is 0 Å². The molecular weight excluding hydrogens is 385 g/mol. The first-order chi connectivity index (χ1) is 12.0. The lowest BCUT2D eigenvalue weighted by atomic mass is 9.78. The molecular formula is C20H33Cl2N3O2. The van der Waals surface area contributed by atoms with Crippen LogP contribution in [0, 0.1) is 5.41 Å². The van der Waals surface area contributed by atoms with Gasteiger partial charge in [0.25, 0.3) is 0 Å².